The average molecular weight is 273 g/mol. The van der Waals surface area contributed by atoms with Gasteiger partial charge in [-0.3, -0.25) is 24.5 Å². The highest BCUT2D eigenvalue weighted by Gasteiger charge is 2.45. The molecule has 2 heterocycles. The Kier molecular flexibility index (Phi) is 3.46. The van der Waals surface area contributed by atoms with Crippen molar-refractivity contribution in [2.24, 2.45) is 0 Å². The topological polar surface area (TPSA) is 148 Å². The number of aromatic nitrogens is 2. The molecule has 1 fully saturated rings. The molecule has 1 aliphatic rings. The van der Waals surface area contributed by atoms with Gasteiger partial charge in [0.2, 0.25) is 0 Å². The van der Waals surface area contributed by atoms with Gasteiger partial charge < -0.3 is 14.9 Å². The lowest BCUT2D eigenvalue weighted by atomic mass is 10.1. The van der Waals surface area contributed by atoms with E-state index in [1.165, 1.54) is 0 Å². The van der Waals surface area contributed by atoms with Gasteiger partial charge in [0, 0.05) is 18.7 Å². The van der Waals surface area contributed by atoms with Gasteiger partial charge in [-0.05, 0) is 0 Å². The summed E-state index contributed by atoms with van der Waals surface area (Å²) < 4.78 is 6.09. The molecule has 104 valence electrons. The predicted molar refractivity (Wildman–Crippen MR) is 58.9 cm³/mol. The second-order valence-electron chi connectivity index (χ2n) is 4.07. The number of ether oxygens (including phenoxy) is 1. The van der Waals surface area contributed by atoms with E-state index in [2.05, 4.69) is 0 Å². The fourth-order valence-corrected chi connectivity index (χ4v) is 1.89. The summed E-state index contributed by atoms with van der Waals surface area (Å²) in [6.07, 6.45) is -4.75. The first kappa shape index (κ1) is 13.4. The van der Waals surface area contributed by atoms with Gasteiger partial charge in [-0.15, -0.1) is 0 Å². The Balaban J connectivity index is 2.23. The van der Waals surface area contributed by atoms with E-state index < -0.39 is 40.8 Å². The predicted octanol–water partition coefficient (Wildman–Crippen LogP) is -2.22. The number of nitrogens with zero attached hydrogens (tertiary/aromatic N) is 2. The molecule has 10 nitrogen and oxygen atoms in total. The maximum absolute atomic E-state index is 11.5. The Bertz CT molecular complexity index is 594. The minimum Gasteiger partial charge on any atom is -0.390 e. The first-order chi connectivity index (χ1) is 8.90. The van der Waals surface area contributed by atoms with Gasteiger partial charge in [0.25, 0.3) is 5.56 Å². The van der Waals surface area contributed by atoms with E-state index in [0.717, 1.165) is 16.8 Å². The van der Waals surface area contributed by atoms with Crippen molar-refractivity contribution in [3.8, 4) is 0 Å². The number of rotatable bonds is 3. The molecule has 0 radical (unpaired) electrons. The molecule has 1 aromatic rings. The van der Waals surface area contributed by atoms with E-state index in [9.17, 15) is 29.9 Å². The van der Waals surface area contributed by atoms with Gasteiger partial charge in [0.05, 0.1) is 11.0 Å². The summed E-state index contributed by atoms with van der Waals surface area (Å²) in [7, 11) is 0. The highest BCUT2D eigenvalue weighted by Crippen LogP contribution is 2.29. The quantitative estimate of drug-likeness (QED) is 0.321. The van der Waals surface area contributed by atoms with Crippen LogP contribution in [0.4, 0.5) is 0 Å². The minimum absolute atomic E-state index is 0.110. The van der Waals surface area contributed by atoms with Gasteiger partial charge in [0.15, 0.2) is 6.10 Å². The smallest absolute Gasteiger partial charge is 0.341 e. The molecule has 1 aliphatic heterocycles. The molecule has 1 aromatic heterocycles. The number of hydrogen-bond acceptors (Lipinski definition) is 7. The average Bonchev–Trinajstić information content (AvgIpc) is 2.69. The molecule has 10 heteroatoms. The van der Waals surface area contributed by atoms with Crippen LogP contribution in [0.1, 0.15) is 12.6 Å². The second-order valence-corrected chi connectivity index (χ2v) is 4.07. The zero-order valence-electron chi connectivity index (χ0n) is 9.50. The highest BCUT2D eigenvalue weighted by atomic mass is 16.7. The van der Waals surface area contributed by atoms with E-state index in [1.807, 2.05) is 4.98 Å². The number of nitro groups is 1. The summed E-state index contributed by atoms with van der Waals surface area (Å²) in [6.45, 7) is 0. The number of hydrogen-bond donors (Lipinski definition) is 3. The van der Waals surface area contributed by atoms with Gasteiger partial charge in [0.1, 0.15) is 6.23 Å². The molecule has 1 unspecified atom stereocenters. The van der Waals surface area contributed by atoms with E-state index in [4.69, 9.17) is 4.74 Å². The van der Waals surface area contributed by atoms with Gasteiger partial charge >= 0.3 is 11.9 Å². The number of nitrogens with one attached hydrogen (secondary N) is 1. The van der Waals surface area contributed by atoms with Crippen LogP contribution in [0.25, 0.3) is 0 Å². The van der Waals surface area contributed by atoms with Crippen LogP contribution >= 0.6 is 0 Å². The SMILES string of the molecule is O=c1ccn([C@H]2C[C@H](O)[C@@H](C(O)[N+](=O)[O-])O2)c(=O)[nH]1. The summed E-state index contributed by atoms with van der Waals surface area (Å²) in [6, 6.07) is 1.08. The molecule has 0 spiro atoms. The molecule has 1 saturated heterocycles. The minimum atomic E-state index is -2.08. The normalized spacial score (nSPS) is 28.2. The van der Waals surface area contributed by atoms with Crippen LogP contribution in [0.5, 0.6) is 0 Å². The van der Waals surface area contributed by atoms with Crippen LogP contribution < -0.4 is 11.2 Å². The van der Waals surface area contributed by atoms with E-state index >= 15 is 0 Å². The van der Waals surface area contributed by atoms with Crippen molar-refractivity contribution in [3.05, 3.63) is 43.2 Å². The molecule has 0 amide bonds. The Morgan fingerprint density at radius 1 is 1.58 bits per heavy atom. The zero-order valence-corrected chi connectivity index (χ0v) is 9.50. The van der Waals surface area contributed by atoms with Crippen LogP contribution in [0.15, 0.2) is 21.9 Å². The highest BCUT2D eigenvalue weighted by molar-refractivity contribution is 4.88. The van der Waals surface area contributed by atoms with Gasteiger partial charge in [-0.2, -0.15) is 0 Å². The Morgan fingerprint density at radius 2 is 2.26 bits per heavy atom. The molecular weight excluding hydrogens is 262 g/mol. The van der Waals surface area contributed by atoms with E-state index in [1.54, 1.807) is 0 Å². The Labute approximate surface area is 105 Å². The van der Waals surface area contributed by atoms with Crippen molar-refractivity contribution < 1.29 is 19.9 Å². The van der Waals surface area contributed by atoms with Crippen molar-refractivity contribution in [1.82, 2.24) is 9.55 Å². The van der Waals surface area contributed by atoms with Crippen LogP contribution in [0, 0.1) is 10.1 Å². The van der Waals surface area contributed by atoms with Gasteiger partial charge in [-0.1, -0.05) is 0 Å². The summed E-state index contributed by atoms with van der Waals surface area (Å²) in [5.41, 5.74) is -1.36. The Morgan fingerprint density at radius 3 is 2.84 bits per heavy atom. The van der Waals surface area contributed by atoms with Crippen LogP contribution in [0.3, 0.4) is 0 Å². The number of aliphatic hydroxyl groups is 2. The lowest BCUT2D eigenvalue weighted by Crippen LogP contribution is -2.40. The maximum Gasteiger partial charge on any atom is 0.341 e. The monoisotopic (exact) mass is 273 g/mol. The van der Waals surface area contributed by atoms with Crippen LogP contribution in [0.2, 0.25) is 0 Å². The molecule has 3 N–H and O–H groups in total. The first-order valence-corrected chi connectivity index (χ1v) is 5.36. The fourth-order valence-electron chi connectivity index (χ4n) is 1.89. The molecule has 2 rings (SSSR count). The van der Waals surface area contributed by atoms with Crippen molar-refractivity contribution in [3.63, 3.8) is 0 Å². The largest absolute Gasteiger partial charge is 0.390 e. The molecule has 0 aliphatic carbocycles. The third-order valence-electron chi connectivity index (χ3n) is 2.81. The lowest BCUT2D eigenvalue weighted by molar-refractivity contribution is -0.585. The van der Waals surface area contributed by atoms with Crippen LogP contribution in [-0.4, -0.2) is 43.1 Å². The molecule has 0 aromatic carbocycles. The summed E-state index contributed by atoms with van der Waals surface area (Å²) in [5, 5.41) is 29.3. The van der Waals surface area contributed by atoms with Crippen molar-refractivity contribution in [2.75, 3.05) is 0 Å². The molecule has 0 saturated carbocycles. The third kappa shape index (κ3) is 2.54. The van der Waals surface area contributed by atoms with E-state index in [-0.39, 0.29) is 6.42 Å². The number of aliphatic hydroxyl groups excluding tert-OH is 2. The van der Waals surface area contributed by atoms with Crippen molar-refractivity contribution in [2.45, 2.75) is 31.1 Å². The number of H-pyrrole nitrogens is 1. The van der Waals surface area contributed by atoms with Gasteiger partial charge in [-0.25, -0.2) is 4.79 Å². The fraction of sp³-hybridized carbons (Fsp3) is 0.556. The molecule has 19 heavy (non-hydrogen) atoms. The summed E-state index contributed by atoms with van der Waals surface area (Å²) in [4.78, 5) is 33.8. The van der Waals surface area contributed by atoms with Crippen molar-refractivity contribution >= 4 is 0 Å². The van der Waals surface area contributed by atoms with E-state index in [0.29, 0.717) is 0 Å². The van der Waals surface area contributed by atoms with Crippen molar-refractivity contribution in [1.29, 1.82) is 0 Å². The first-order valence-electron chi connectivity index (χ1n) is 5.36. The van der Waals surface area contributed by atoms with Crippen LogP contribution in [-0.2, 0) is 4.74 Å². The summed E-state index contributed by atoms with van der Waals surface area (Å²) >= 11 is 0. The molecule has 4 atom stereocenters. The third-order valence-corrected chi connectivity index (χ3v) is 2.81. The summed E-state index contributed by atoms with van der Waals surface area (Å²) in [5.74, 6) is 0. The second kappa shape index (κ2) is 4.91. The molecular formula is C9H11N3O7. The Hall–Kier alpha value is -2.04. The molecule has 0 bridgehead atoms. The maximum atomic E-state index is 11.5. The lowest BCUT2D eigenvalue weighted by Gasteiger charge is -2.15. The number of aromatic amines is 1. The standard InChI is InChI=1S/C9H11N3O7/c13-4-3-6(19-7(4)8(15)12(17)18)11-2-1-5(14)10-9(11)16/h1-2,4,6-8,13,15H,3H2,(H,10,14,16)/t4-,6+,7-,8?/m0/s1. The zero-order chi connectivity index (χ0) is 14.2.